The largest absolute Gasteiger partial charge is 0.492 e. The van der Waals surface area contributed by atoms with Crippen molar-refractivity contribution in [3.8, 4) is 28.7 Å². The number of benzene rings is 2. The third kappa shape index (κ3) is 7.01. The van der Waals surface area contributed by atoms with E-state index < -0.39 is 24.0 Å². The monoisotopic (exact) mass is 532 g/mol. The predicted octanol–water partition coefficient (Wildman–Crippen LogP) is 5.87. The number of aromatic nitrogens is 1. The van der Waals surface area contributed by atoms with Crippen LogP contribution in [0.4, 0.5) is 17.6 Å². The van der Waals surface area contributed by atoms with E-state index in [-0.39, 0.29) is 31.8 Å². The number of alkyl halides is 3. The molecule has 1 unspecified atom stereocenters. The highest BCUT2D eigenvalue weighted by Crippen LogP contribution is 2.34. The Kier molecular flexibility index (Phi) is 8.38. The molecule has 0 spiro atoms. The van der Waals surface area contributed by atoms with Gasteiger partial charge in [0.1, 0.15) is 18.1 Å². The van der Waals surface area contributed by atoms with Crippen LogP contribution in [-0.2, 0) is 0 Å². The van der Waals surface area contributed by atoms with Crippen molar-refractivity contribution in [1.29, 1.82) is 0 Å². The van der Waals surface area contributed by atoms with E-state index in [1.165, 1.54) is 6.07 Å². The standard InChI is InChI=1S/C28H25ClF4N2O2/c1-18-14-19(2-8-25-24(30)15-21(16-34-25)20-4-6-22(29)7-5-20)3-9-27(18)37-13-12-35-11-10-23(26(36)17-35)28(31,32)33/h3-7,9,14-16,23,26,36H,10-13,17H2,1H3/t23?,26-/m1/s1. The Balaban J connectivity index is 1.33. The summed E-state index contributed by atoms with van der Waals surface area (Å²) < 4.78 is 59.0. The summed E-state index contributed by atoms with van der Waals surface area (Å²) in [5.41, 5.74) is 2.92. The summed E-state index contributed by atoms with van der Waals surface area (Å²) in [4.78, 5) is 5.91. The fourth-order valence-corrected chi connectivity index (χ4v) is 4.34. The van der Waals surface area contributed by atoms with Crippen molar-refractivity contribution in [3.63, 3.8) is 0 Å². The van der Waals surface area contributed by atoms with Gasteiger partial charge in [-0.25, -0.2) is 9.37 Å². The van der Waals surface area contributed by atoms with E-state index in [0.29, 0.717) is 28.4 Å². The summed E-state index contributed by atoms with van der Waals surface area (Å²) in [5, 5.41) is 10.4. The highest BCUT2D eigenvalue weighted by atomic mass is 35.5. The summed E-state index contributed by atoms with van der Waals surface area (Å²) in [6, 6.07) is 13.7. The van der Waals surface area contributed by atoms with Crippen molar-refractivity contribution < 1.29 is 27.4 Å². The Labute approximate surface area is 217 Å². The maximum absolute atomic E-state index is 14.6. The lowest BCUT2D eigenvalue weighted by Gasteiger charge is -2.36. The number of hydrogen-bond acceptors (Lipinski definition) is 4. The predicted molar refractivity (Wildman–Crippen MR) is 134 cm³/mol. The van der Waals surface area contributed by atoms with E-state index >= 15 is 0 Å². The van der Waals surface area contributed by atoms with Gasteiger partial charge in [-0.05, 0) is 73.3 Å². The maximum Gasteiger partial charge on any atom is 0.394 e. The quantitative estimate of drug-likeness (QED) is 0.330. The van der Waals surface area contributed by atoms with Crippen molar-refractivity contribution in [3.05, 3.63) is 82.4 Å². The molecule has 1 aliphatic rings. The number of nitrogens with zero attached hydrogens (tertiary/aromatic N) is 2. The zero-order valence-corrected chi connectivity index (χ0v) is 20.8. The lowest BCUT2D eigenvalue weighted by molar-refractivity contribution is -0.212. The van der Waals surface area contributed by atoms with Gasteiger partial charge in [0.2, 0.25) is 0 Å². The van der Waals surface area contributed by atoms with Gasteiger partial charge >= 0.3 is 6.18 Å². The number of piperidine rings is 1. The highest BCUT2D eigenvalue weighted by molar-refractivity contribution is 6.30. The van der Waals surface area contributed by atoms with Gasteiger partial charge in [-0.2, -0.15) is 13.2 Å². The molecule has 1 saturated heterocycles. The zero-order chi connectivity index (χ0) is 26.6. The van der Waals surface area contributed by atoms with Gasteiger partial charge in [-0.3, -0.25) is 4.90 Å². The van der Waals surface area contributed by atoms with Gasteiger partial charge in [0.25, 0.3) is 0 Å². The van der Waals surface area contributed by atoms with Crippen molar-refractivity contribution in [1.82, 2.24) is 9.88 Å². The number of aryl methyl sites for hydroxylation is 1. The van der Waals surface area contributed by atoms with Gasteiger partial charge in [-0.15, -0.1) is 0 Å². The van der Waals surface area contributed by atoms with Crippen LogP contribution >= 0.6 is 11.6 Å². The fraction of sp³-hybridized carbons (Fsp3) is 0.321. The van der Waals surface area contributed by atoms with Crippen molar-refractivity contribution >= 4 is 11.6 Å². The number of halogens is 5. The average Bonchev–Trinajstić information content (AvgIpc) is 2.84. The molecule has 0 radical (unpaired) electrons. The number of likely N-dealkylation sites (tertiary alicyclic amines) is 1. The second-order valence-electron chi connectivity index (χ2n) is 8.94. The Morgan fingerprint density at radius 3 is 2.51 bits per heavy atom. The summed E-state index contributed by atoms with van der Waals surface area (Å²) in [6.45, 7) is 2.73. The van der Waals surface area contributed by atoms with E-state index in [0.717, 1.165) is 11.1 Å². The van der Waals surface area contributed by atoms with E-state index in [4.69, 9.17) is 16.3 Å². The van der Waals surface area contributed by atoms with Crippen LogP contribution in [0.2, 0.25) is 5.02 Å². The molecule has 1 fully saturated rings. The molecule has 0 bridgehead atoms. The van der Waals surface area contributed by atoms with Crippen LogP contribution in [0.1, 0.15) is 23.2 Å². The molecule has 4 nitrogen and oxygen atoms in total. The van der Waals surface area contributed by atoms with Gasteiger partial charge in [0.15, 0.2) is 5.82 Å². The third-order valence-corrected chi connectivity index (χ3v) is 6.52. The first-order valence-corrected chi connectivity index (χ1v) is 12.1. The van der Waals surface area contributed by atoms with Crippen LogP contribution in [0, 0.1) is 30.5 Å². The summed E-state index contributed by atoms with van der Waals surface area (Å²) in [6.07, 6.45) is -4.38. The van der Waals surface area contributed by atoms with Crippen LogP contribution in [0.5, 0.6) is 5.75 Å². The molecular weight excluding hydrogens is 508 g/mol. The van der Waals surface area contributed by atoms with E-state index in [1.807, 2.05) is 6.92 Å². The summed E-state index contributed by atoms with van der Waals surface area (Å²) in [7, 11) is 0. The molecule has 194 valence electrons. The van der Waals surface area contributed by atoms with E-state index in [1.54, 1.807) is 53.6 Å². The highest BCUT2D eigenvalue weighted by Gasteiger charge is 2.46. The lowest BCUT2D eigenvalue weighted by Crippen LogP contribution is -2.49. The Morgan fingerprint density at radius 1 is 1.11 bits per heavy atom. The van der Waals surface area contributed by atoms with E-state index in [9.17, 15) is 22.7 Å². The summed E-state index contributed by atoms with van der Waals surface area (Å²) >= 11 is 5.90. The number of ether oxygens (including phenoxy) is 1. The third-order valence-electron chi connectivity index (χ3n) is 6.27. The smallest absolute Gasteiger partial charge is 0.394 e. The number of aliphatic hydroxyl groups is 1. The van der Waals surface area contributed by atoms with Crippen LogP contribution in [0.15, 0.2) is 54.7 Å². The van der Waals surface area contributed by atoms with Gasteiger partial charge in [-0.1, -0.05) is 29.7 Å². The zero-order valence-electron chi connectivity index (χ0n) is 20.0. The molecule has 1 aliphatic heterocycles. The normalized spacial score (nSPS) is 18.2. The van der Waals surface area contributed by atoms with Crippen molar-refractivity contribution in [2.24, 2.45) is 5.92 Å². The van der Waals surface area contributed by atoms with Crippen LogP contribution in [0.3, 0.4) is 0 Å². The molecule has 2 heterocycles. The molecular formula is C28H25ClF4N2O2. The molecule has 0 aliphatic carbocycles. The first-order valence-electron chi connectivity index (χ1n) is 11.7. The first kappa shape index (κ1) is 26.9. The van der Waals surface area contributed by atoms with E-state index in [2.05, 4.69) is 16.8 Å². The molecule has 1 N–H and O–H groups in total. The summed E-state index contributed by atoms with van der Waals surface area (Å²) in [5.74, 6) is 4.09. The molecule has 2 aromatic carbocycles. The molecule has 3 aromatic rings. The Morgan fingerprint density at radius 2 is 1.86 bits per heavy atom. The second kappa shape index (κ2) is 11.5. The SMILES string of the molecule is Cc1cc(C#Cc2ncc(-c3ccc(Cl)cc3)cc2F)ccc1OCCN1CCC(C(F)(F)F)[C@H](O)C1. The minimum atomic E-state index is -4.38. The Bertz CT molecular complexity index is 1300. The molecule has 0 amide bonds. The average molecular weight is 533 g/mol. The first-order chi connectivity index (χ1) is 17.6. The molecule has 37 heavy (non-hydrogen) atoms. The molecule has 4 rings (SSSR count). The van der Waals surface area contributed by atoms with Gasteiger partial charge < -0.3 is 9.84 Å². The number of aliphatic hydroxyl groups excluding tert-OH is 1. The van der Waals surface area contributed by atoms with Crippen LogP contribution in [-0.4, -0.2) is 53.5 Å². The minimum Gasteiger partial charge on any atom is -0.492 e. The number of rotatable bonds is 5. The van der Waals surface area contributed by atoms with Gasteiger partial charge in [0.05, 0.1) is 12.0 Å². The lowest BCUT2D eigenvalue weighted by atomic mass is 9.93. The number of pyridine rings is 1. The van der Waals surface area contributed by atoms with Crippen molar-refractivity contribution in [2.75, 3.05) is 26.2 Å². The van der Waals surface area contributed by atoms with Crippen LogP contribution in [0.25, 0.3) is 11.1 Å². The molecule has 2 atom stereocenters. The topological polar surface area (TPSA) is 45.6 Å². The maximum atomic E-state index is 14.6. The number of β-amino-alcohol motifs (C(OH)–C–C–N with tert-alkyl or cyclic N) is 1. The van der Waals surface area contributed by atoms with Crippen LogP contribution < -0.4 is 4.74 Å². The van der Waals surface area contributed by atoms with Gasteiger partial charge in [0, 0.05) is 35.4 Å². The fourth-order valence-electron chi connectivity index (χ4n) is 4.22. The minimum absolute atomic E-state index is 0.0344. The Hall–Kier alpha value is -3.12. The van der Waals surface area contributed by atoms with Crippen molar-refractivity contribution in [2.45, 2.75) is 25.6 Å². The molecule has 1 aromatic heterocycles. The second-order valence-corrected chi connectivity index (χ2v) is 9.38. The molecule has 0 saturated carbocycles. The molecule has 9 heteroatoms. The number of hydrogen-bond donors (Lipinski definition) is 1.